The summed E-state index contributed by atoms with van der Waals surface area (Å²) in [6.07, 6.45) is 4.27. The van der Waals surface area contributed by atoms with Crippen molar-refractivity contribution in [3.63, 3.8) is 0 Å². The molecule has 2 aliphatic rings. The molecule has 1 aliphatic carbocycles. The molecule has 0 aromatic carbocycles. The quantitative estimate of drug-likeness (QED) is 0.699. The van der Waals surface area contributed by atoms with Crippen molar-refractivity contribution in [3.8, 4) is 0 Å². The highest BCUT2D eigenvalue weighted by Crippen LogP contribution is 2.41. The number of amides is 1. The Morgan fingerprint density at radius 2 is 2.14 bits per heavy atom. The third-order valence-electron chi connectivity index (χ3n) is 5.30. The fourth-order valence-electron chi connectivity index (χ4n) is 3.77. The number of carbonyl (C=O) groups excluding carboxylic acids is 1. The summed E-state index contributed by atoms with van der Waals surface area (Å²) < 4.78 is 25.7. The number of sulfone groups is 1. The molecule has 5 rings (SSSR count). The van der Waals surface area contributed by atoms with Crippen molar-refractivity contribution in [2.75, 3.05) is 16.8 Å². The third-order valence-corrected chi connectivity index (χ3v) is 7.74. The van der Waals surface area contributed by atoms with Crippen LogP contribution in [-0.2, 0) is 9.84 Å². The van der Waals surface area contributed by atoms with Crippen LogP contribution in [-0.4, -0.2) is 45.6 Å². The molecule has 28 heavy (non-hydrogen) atoms. The van der Waals surface area contributed by atoms with Gasteiger partial charge in [0.1, 0.15) is 0 Å². The van der Waals surface area contributed by atoms with Gasteiger partial charge in [-0.25, -0.2) is 23.1 Å². The summed E-state index contributed by atoms with van der Waals surface area (Å²) in [6.45, 7) is 1.83. The minimum absolute atomic E-state index is 0.0687. The molecule has 0 bridgehead atoms. The molecule has 1 unspecified atom stereocenters. The molecule has 10 heteroatoms. The van der Waals surface area contributed by atoms with Crippen LogP contribution in [0.5, 0.6) is 0 Å². The van der Waals surface area contributed by atoms with Crippen LogP contribution < -0.4 is 5.32 Å². The van der Waals surface area contributed by atoms with Crippen LogP contribution >= 0.6 is 11.3 Å². The Balaban J connectivity index is 1.64. The van der Waals surface area contributed by atoms with E-state index < -0.39 is 9.84 Å². The van der Waals surface area contributed by atoms with Gasteiger partial charge in [0.2, 0.25) is 0 Å². The SMILES string of the molecule is Cc1nn(C2CCS(=O)(=O)C2)c2nc(C3CC3)cc(C(=O)Nc3nccs3)c12. The zero-order valence-electron chi connectivity index (χ0n) is 15.3. The van der Waals surface area contributed by atoms with Crippen molar-refractivity contribution < 1.29 is 13.2 Å². The number of fused-ring (bicyclic) bond motifs is 1. The van der Waals surface area contributed by atoms with E-state index in [4.69, 9.17) is 4.98 Å². The second-order valence-electron chi connectivity index (χ2n) is 7.45. The molecule has 1 atom stereocenters. The number of carbonyl (C=O) groups is 1. The Morgan fingerprint density at radius 3 is 2.79 bits per heavy atom. The van der Waals surface area contributed by atoms with Crippen molar-refractivity contribution in [1.82, 2.24) is 19.7 Å². The minimum atomic E-state index is -3.05. The lowest BCUT2D eigenvalue weighted by atomic mass is 10.1. The molecular formula is C18H19N5O3S2. The lowest BCUT2D eigenvalue weighted by Gasteiger charge is -2.11. The molecule has 3 aromatic heterocycles. The number of thiazole rings is 1. The van der Waals surface area contributed by atoms with Crippen LogP contribution in [0.3, 0.4) is 0 Å². The lowest BCUT2D eigenvalue weighted by molar-refractivity contribution is 0.102. The molecule has 146 valence electrons. The first-order valence-corrected chi connectivity index (χ1v) is 11.9. The summed E-state index contributed by atoms with van der Waals surface area (Å²) in [4.78, 5) is 21.9. The molecule has 0 spiro atoms. The van der Waals surface area contributed by atoms with Crippen molar-refractivity contribution in [2.24, 2.45) is 0 Å². The number of aryl methyl sites for hydroxylation is 1. The van der Waals surface area contributed by atoms with Crippen molar-refractivity contribution in [2.45, 2.75) is 38.1 Å². The number of hydrogen-bond acceptors (Lipinski definition) is 7. The van der Waals surface area contributed by atoms with Gasteiger partial charge in [-0.15, -0.1) is 11.3 Å². The molecule has 1 saturated carbocycles. The normalized spacial score (nSPS) is 21.2. The summed E-state index contributed by atoms with van der Waals surface area (Å²) in [5.74, 6) is 0.342. The van der Waals surface area contributed by atoms with Gasteiger partial charge in [-0.3, -0.25) is 10.1 Å². The topological polar surface area (TPSA) is 107 Å². The van der Waals surface area contributed by atoms with Gasteiger partial charge in [0.05, 0.1) is 34.2 Å². The number of pyridine rings is 1. The van der Waals surface area contributed by atoms with Crippen LogP contribution in [0.15, 0.2) is 17.6 Å². The van der Waals surface area contributed by atoms with Crippen molar-refractivity contribution in [3.05, 3.63) is 34.6 Å². The average Bonchev–Trinajstić information content (AvgIpc) is 3.12. The Hall–Kier alpha value is -2.33. The number of aromatic nitrogens is 4. The summed E-state index contributed by atoms with van der Waals surface area (Å²) in [5, 5.41) is 10.5. The largest absolute Gasteiger partial charge is 0.298 e. The number of rotatable bonds is 4. The molecule has 2 fully saturated rings. The highest BCUT2D eigenvalue weighted by molar-refractivity contribution is 7.91. The fraction of sp³-hybridized carbons (Fsp3) is 0.444. The van der Waals surface area contributed by atoms with Crippen LogP contribution in [0.4, 0.5) is 5.13 Å². The second kappa shape index (κ2) is 6.35. The van der Waals surface area contributed by atoms with E-state index >= 15 is 0 Å². The monoisotopic (exact) mass is 417 g/mol. The summed E-state index contributed by atoms with van der Waals surface area (Å²) >= 11 is 1.36. The van der Waals surface area contributed by atoms with Crippen molar-refractivity contribution >= 4 is 43.2 Å². The van der Waals surface area contributed by atoms with Crippen LogP contribution in [0.1, 0.15) is 53.0 Å². The van der Waals surface area contributed by atoms with E-state index in [0.717, 1.165) is 18.5 Å². The molecule has 3 aromatic rings. The van der Waals surface area contributed by atoms with Gasteiger partial charge in [-0.2, -0.15) is 5.10 Å². The number of anilines is 1. The average molecular weight is 418 g/mol. The Kier molecular flexibility index (Phi) is 4.02. The molecular weight excluding hydrogens is 398 g/mol. The molecule has 0 radical (unpaired) electrons. The molecule has 1 aliphatic heterocycles. The zero-order valence-corrected chi connectivity index (χ0v) is 16.9. The van der Waals surface area contributed by atoms with Gasteiger partial charge in [-0.1, -0.05) is 0 Å². The van der Waals surface area contributed by atoms with E-state index in [-0.39, 0.29) is 23.5 Å². The third kappa shape index (κ3) is 3.10. The Bertz CT molecular complexity index is 1180. The molecule has 1 amide bonds. The minimum Gasteiger partial charge on any atom is -0.298 e. The van der Waals surface area contributed by atoms with Gasteiger partial charge in [0.15, 0.2) is 20.6 Å². The summed E-state index contributed by atoms with van der Waals surface area (Å²) in [7, 11) is -3.05. The molecule has 1 saturated heterocycles. The van der Waals surface area contributed by atoms with E-state index in [1.165, 1.54) is 11.3 Å². The van der Waals surface area contributed by atoms with Gasteiger partial charge in [-0.05, 0) is 32.3 Å². The maximum atomic E-state index is 13.0. The predicted molar refractivity (Wildman–Crippen MR) is 107 cm³/mol. The van der Waals surface area contributed by atoms with Crippen LogP contribution in [0, 0.1) is 6.92 Å². The molecule has 1 N–H and O–H groups in total. The van der Waals surface area contributed by atoms with Gasteiger partial charge < -0.3 is 0 Å². The smallest absolute Gasteiger partial charge is 0.258 e. The maximum absolute atomic E-state index is 13.0. The molecule has 4 heterocycles. The van der Waals surface area contributed by atoms with E-state index in [0.29, 0.717) is 39.8 Å². The van der Waals surface area contributed by atoms with E-state index in [2.05, 4.69) is 15.4 Å². The van der Waals surface area contributed by atoms with Crippen LogP contribution in [0.2, 0.25) is 0 Å². The Labute approximate surface area is 165 Å². The first-order chi connectivity index (χ1) is 13.4. The Morgan fingerprint density at radius 1 is 1.32 bits per heavy atom. The maximum Gasteiger partial charge on any atom is 0.258 e. The van der Waals surface area contributed by atoms with Gasteiger partial charge in [0.25, 0.3) is 5.91 Å². The number of nitrogens with zero attached hydrogens (tertiary/aromatic N) is 4. The molecule has 8 nitrogen and oxygen atoms in total. The fourth-order valence-corrected chi connectivity index (χ4v) is 5.99. The zero-order chi connectivity index (χ0) is 19.5. The van der Waals surface area contributed by atoms with Gasteiger partial charge >= 0.3 is 0 Å². The number of nitrogens with one attached hydrogen (secondary N) is 1. The number of hydrogen-bond donors (Lipinski definition) is 1. The highest BCUT2D eigenvalue weighted by atomic mass is 32.2. The van der Waals surface area contributed by atoms with Gasteiger partial charge in [0, 0.05) is 23.2 Å². The van der Waals surface area contributed by atoms with Crippen molar-refractivity contribution in [1.29, 1.82) is 0 Å². The predicted octanol–water partition coefficient (Wildman–Crippen LogP) is 2.69. The first-order valence-electron chi connectivity index (χ1n) is 9.22. The van der Waals surface area contributed by atoms with E-state index in [1.54, 1.807) is 16.3 Å². The standard InChI is InChI=1S/C18H19N5O3S2/c1-10-15-13(17(24)21-18-19-5-6-27-18)8-14(11-2-3-11)20-16(15)23(22-10)12-4-7-28(25,26)9-12/h5-6,8,11-12H,2-4,7,9H2,1H3,(H,19,21,24). The summed E-state index contributed by atoms with van der Waals surface area (Å²) in [6, 6.07) is 1.62. The first kappa shape index (κ1) is 17.7. The summed E-state index contributed by atoms with van der Waals surface area (Å²) in [5.41, 5.74) is 2.68. The second-order valence-corrected chi connectivity index (χ2v) is 10.6. The van der Waals surface area contributed by atoms with Crippen LogP contribution in [0.25, 0.3) is 11.0 Å². The van der Waals surface area contributed by atoms with E-state index in [9.17, 15) is 13.2 Å². The lowest BCUT2D eigenvalue weighted by Crippen LogP contribution is -2.15. The highest BCUT2D eigenvalue weighted by Gasteiger charge is 2.34. The van der Waals surface area contributed by atoms with E-state index in [1.807, 2.05) is 13.0 Å².